The van der Waals surface area contributed by atoms with E-state index in [9.17, 15) is 13.2 Å². The summed E-state index contributed by atoms with van der Waals surface area (Å²) >= 11 is 1.63. The van der Waals surface area contributed by atoms with Crippen LogP contribution in [0.3, 0.4) is 0 Å². The highest BCUT2D eigenvalue weighted by atomic mass is 32.1. The molecule has 0 aliphatic heterocycles. The monoisotopic (exact) mass is 401 g/mol. The third kappa shape index (κ3) is 5.93. The number of carboxylic acid groups (broad SMARTS) is 1. The summed E-state index contributed by atoms with van der Waals surface area (Å²) in [5.74, 6) is -2.76. The average molecular weight is 401 g/mol. The van der Waals surface area contributed by atoms with E-state index in [2.05, 4.69) is 50.7 Å². The molecule has 3 N–H and O–H groups in total. The maximum absolute atomic E-state index is 10.6. The molecule has 0 unspecified atom stereocenters. The third-order valence-corrected chi connectivity index (χ3v) is 4.11. The number of H-pyrrole nitrogens is 1. The van der Waals surface area contributed by atoms with Crippen LogP contribution in [0.15, 0.2) is 29.9 Å². The predicted octanol–water partition coefficient (Wildman–Crippen LogP) is 3.29. The molecule has 11 heteroatoms. The van der Waals surface area contributed by atoms with Crippen molar-refractivity contribution < 1.29 is 23.1 Å². The van der Waals surface area contributed by atoms with Crippen molar-refractivity contribution in [1.29, 1.82) is 0 Å². The lowest BCUT2D eigenvalue weighted by Crippen LogP contribution is -2.21. The molecule has 0 aliphatic rings. The van der Waals surface area contributed by atoms with Crippen LogP contribution < -0.4 is 5.32 Å². The molecule has 7 nitrogen and oxygen atoms in total. The van der Waals surface area contributed by atoms with Gasteiger partial charge in [-0.25, -0.2) is 14.8 Å². The van der Waals surface area contributed by atoms with E-state index < -0.39 is 12.1 Å². The van der Waals surface area contributed by atoms with Gasteiger partial charge in [0.05, 0.1) is 5.69 Å². The molecule has 27 heavy (non-hydrogen) atoms. The van der Waals surface area contributed by atoms with Gasteiger partial charge < -0.3 is 20.3 Å². The number of carbonyl (C=O) groups is 1. The molecule has 0 spiro atoms. The van der Waals surface area contributed by atoms with Gasteiger partial charge in [-0.1, -0.05) is 0 Å². The SMILES string of the molecule is CN(C)CCNc1nc(-c2c[nH]c3ncccc23)cs1.O=C(O)C(F)(F)F. The molecular formula is C16H18F3N5O2S. The zero-order valence-corrected chi connectivity index (χ0v) is 15.4. The maximum Gasteiger partial charge on any atom is 0.490 e. The molecule has 0 saturated heterocycles. The Kier molecular flexibility index (Phi) is 6.75. The summed E-state index contributed by atoms with van der Waals surface area (Å²) < 4.78 is 31.7. The number of hydrogen-bond donors (Lipinski definition) is 3. The van der Waals surface area contributed by atoms with Gasteiger partial charge in [0.25, 0.3) is 0 Å². The molecule has 3 aromatic heterocycles. The van der Waals surface area contributed by atoms with E-state index in [1.807, 2.05) is 12.3 Å². The summed E-state index contributed by atoms with van der Waals surface area (Å²) in [7, 11) is 4.13. The molecule has 0 aromatic carbocycles. The second-order valence-electron chi connectivity index (χ2n) is 5.67. The largest absolute Gasteiger partial charge is 0.490 e. The standard InChI is InChI=1S/C14H17N5S.C2HF3O2/c1-19(2)7-6-16-14-18-12(9-20-14)11-8-17-13-10(11)4-3-5-15-13;3-2(4,5)1(6)7/h3-5,8-9H,6-7H2,1-2H3,(H,15,17)(H,16,18);(H,6,7). The Labute approximate surface area is 156 Å². The maximum atomic E-state index is 10.6. The van der Waals surface area contributed by atoms with E-state index in [1.165, 1.54) is 0 Å². The summed E-state index contributed by atoms with van der Waals surface area (Å²) in [5.41, 5.74) is 2.99. The lowest BCUT2D eigenvalue weighted by Gasteiger charge is -2.08. The molecule has 0 aliphatic carbocycles. The van der Waals surface area contributed by atoms with Crippen molar-refractivity contribution in [2.75, 3.05) is 32.5 Å². The average Bonchev–Trinajstić information content (AvgIpc) is 3.20. The van der Waals surface area contributed by atoms with Crippen LogP contribution >= 0.6 is 11.3 Å². The molecule has 146 valence electrons. The van der Waals surface area contributed by atoms with E-state index in [0.717, 1.165) is 40.5 Å². The molecule has 3 heterocycles. The van der Waals surface area contributed by atoms with Gasteiger partial charge in [-0.2, -0.15) is 13.2 Å². The topological polar surface area (TPSA) is 94.1 Å². The first-order valence-corrected chi connectivity index (χ1v) is 8.63. The number of nitrogens with zero attached hydrogens (tertiary/aromatic N) is 3. The minimum Gasteiger partial charge on any atom is -0.475 e. The Morgan fingerprint density at radius 2 is 2.11 bits per heavy atom. The summed E-state index contributed by atoms with van der Waals surface area (Å²) in [4.78, 5) is 23.2. The number of aliphatic carboxylic acids is 1. The highest BCUT2D eigenvalue weighted by Crippen LogP contribution is 2.30. The third-order valence-electron chi connectivity index (χ3n) is 3.31. The van der Waals surface area contributed by atoms with Gasteiger partial charge in [0.15, 0.2) is 5.13 Å². The van der Waals surface area contributed by atoms with Gasteiger partial charge >= 0.3 is 12.1 Å². The Morgan fingerprint density at radius 1 is 1.41 bits per heavy atom. The number of aromatic amines is 1. The number of likely N-dealkylation sites (N-methyl/N-ethyl adjacent to an activating group) is 1. The van der Waals surface area contributed by atoms with Crippen LogP contribution in [0.5, 0.6) is 0 Å². The van der Waals surface area contributed by atoms with E-state index in [1.54, 1.807) is 17.5 Å². The summed E-state index contributed by atoms with van der Waals surface area (Å²) in [6, 6.07) is 4.01. The fourth-order valence-electron chi connectivity index (χ4n) is 2.03. The molecule has 0 atom stereocenters. The number of carboxylic acids is 1. The minimum absolute atomic E-state index is 0.898. The van der Waals surface area contributed by atoms with E-state index >= 15 is 0 Å². The second kappa shape index (κ2) is 8.82. The summed E-state index contributed by atoms with van der Waals surface area (Å²) in [5, 5.41) is 14.6. The molecule has 3 aromatic rings. The number of fused-ring (bicyclic) bond motifs is 1. The number of rotatable bonds is 5. The van der Waals surface area contributed by atoms with Gasteiger partial charge in [0.2, 0.25) is 0 Å². The van der Waals surface area contributed by atoms with E-state index in [0.29, 0.717) is 0 Å². The number of halogens is 3. The van der Waals surface area contributed by atoms with Gasteiger partial charge in [0, 0.05) is 41.8 Å². The number of thiazole rings is 1. The fraction of sp³-hybridized carbons (Fsp3) is 0.312. The first-order valence-electron chi connectivity index (χ1n) is 7.75. The van der Waals surface area contributed by atoms with Crippen molar-refractivity contribution in [2.24, 2.45) is 0 Å². The number of aromatic nitrogens is 3. The normalized spacial score (nSPS) is 11.3. The quantitative estimate of drug-likeness (QED) is 0.607. The van der Waals surface area contributed by atoms with Gasteiger partial charge in [-0.05, 0) is 26.2 Å². The number of hydrogen-bond acceptors (Lipinski definition) is 6. The number of anilines is 1. The van der Waals surface area contributed by atoms with E-state index in [4.69, 9.17) is 9.90 Å². The van der Waals surface area contributed by atoms with Crippen molar-refractivity contribution in [1.82, 2.24) is 19.9 Å². The first-order chi connectivity index (χ1) is 12.7. The Hall–Kier alpha value is -2.66. The van der Waals surface area contributed by atoms with Crippen molar-refractivity contribution in [2.45, 2.75) is 6.18 Å². The number of nitrogens with one attached hydrogen (secondary N) is 2. The van der Waals surface area contributed by atoms with Gasteiger partial charge in [-0.15, -0.1) is 11.3 Å². The van der Waals surface area contributed by atoms with Crippen molar-refractivity contribution >= 4 is 33.5 Å². The van der Waals surface area contributed by atoms with Crippen LogP contribution in [-0.4, -0.2) is 64.3 Å². The summed E-state index contributed by atoms with van der Waals surface area (Å²) in [6.45, 7) is 1.89. The highest BCUT2D eigenvalue weighted by molar-refractivity contribution is 7.14. The van der Waals surface area contributed by atoms with Crippen molar-refractivity contribution in [3.8, 4) is 11.3 Å². The smallest absolute Gasteiger partial charge is 0.475 e. The van der Waals surface area contributed by atoms with Crippen LogP contribution in [0.25, 0.3) is 22.3 Å². The zero-order valence-electron chi connectivity index (χ0n) is 14.5. The Balaban J connectivity index is 0.000000321. The zero-order chi connectivity index (χ0) is 20.0. The second-order valence-corrected chi connectivity index (χ2v) is 6.53. The molecule has 0 amide bonds. The van der Waals surface area contributed by atoms with Crippen LogP contribution in [0.1, 0.15) is 0 Å². The molecule has 0 saturated carbocycles. The molecule has 3 rings (SSSR count). The molecule has 0 radical (unpaired) electrons. The lowest BCUT2D eigenvalue weighted by atomic mass is 10.2. The van der Waals surface area contributed by atoms with Crippen LogP contribution in [0, 0.1) is 0 Å². The minimum atomic E-state index is -5.08. The number of pyridine rings is 1. The highest BCUT2D eigenvalue weighted by Gasteiger charge is 2.38. The Bertz CT molecular complexity index is 891. The van der Waals surface area contributed by atoms with Gasteiger partial charge in [-0.3, -0.25) is 0 Å². The molecular weight excluding hydrogens is 383 g/mol. The van der Waals surface area contributed by atoms with Gasteiger partial charge in [0.1, 0.15) is 5.65 Å². The number of alkyl halides is 3. The lowest BCUT2D eigenvalue weighted by molar-refractivity contribution is -0.192. The van der Waals surface area contributed by atoms with Crippen LogP contribution in [0.2, 0.25) is 0 Å². The molecule has 0 fully saturated rings. The Morgan fingerprint density at radius 3 is 2.74 bits per heavy atom. The van der Waals surface area contributed by atoms with Crippen molar-refractivity contribution in [3.63, 3.8) is 0 Å². The fourth-order valence-corrected chi connectivity index (χ4v) is 2.77. The van der Waals surface area contributed by atoms with Crippen LogP contribution in [0.4, 0.5) is 18.3 Å². The summed E-state index contributed by atoms with van der Waals surface area (Å²) in [6.07, 6.45) is -1.33. The predicted molar refractivity (Wildman–Crippen MR) is 97.9 cm³/mol. The van der Waals surface area contributed by atoms with E-state index in [-0.39, 0.29) is 0 Å². The molecule has 0 bridgehead atoms. The van der Waals surface area contributed by atoms with Crippen LogP contribution in [-0.2, 0) is 4.79 Å². The first kappa shape index (κ1) is 20.6. The van der Waals surface area contributed by atoms with Crippen molar-refractivity contribution in [3.05, 3.63) is 29.9 Å².